The SMILES string of the molecule is CC1=CCC(C(C)c2ccccc2)=C(OC2CCCC(C)(C(C)C)C2)O1. The van der Waals surface area contributed by atoms with Crippen LogP contribution in [0.25, 0.3) is 0 Å². The van der Waals surface area contributed by atoms with Crippen molar-refractivity contribution >= 4 is 0 Å². The number of allylic oxidation sites excluding steroid dienone is 3. The molecule has 26 heavy (non-hydrogen) atoms. The van der Waals surface area contributed by atoms with Crippen molar-refractivity contribution in [3.8, 4) is 0 Å². The minimum absolute atomic E-state index is 0.259. The summed E-state index contributed by atoms with van der Waals surface area (Å²) >= 11 is 0. The summed E-state index contributed by atoms with van der Waals surface area (Å²) in [5.41, 5.74) is 2.95. The molecule has 3 rings (SSSR count). The first-order valence-electron chi connectivity index (χ1n) is 10.2. The predicted octanol–water partition coefficient (Wildman–Crippen LogP) is 6.95. The minimum Gasteiger partial charge on any atom is -0.462 e. The van der Waals surface area contributed by atoms with E-state index < -0.39 is 0 Å². The first kappa shape index (κ1) is 19.1. The van der Waals surface area contributed by atoms with Crippen molar-refractivity contribution in [1.29, 1.82) is 0 Å². The molecule has 0 saturated heterocycles. The summed E-state index contributed by atoms with van der Waals surface area (Å²) < 4.78 is 12.6. The maximum absolute atomic E-state index is 6.52. The Balaban J connectivity index is 1.81. The van der Waals surface area contributed by atoms with E-state index in [0.717, 1.165) is 31.0 Å². The third kappa shape index (κ3) is 4.16. The molecule has 0 bridgehead atoms. The van der Waals surface area contributed by atoms with E-state index in [1.807, 2.05) is 6.92 Å². The molecule has 1 aromatic rings. The van der Waals surface area contributed by atoms with Gasteiger partial charge in [-0.1, -0.05) is 58.0 Å². The normalized spacial score (nSPS) is 27.8. The van der Waals surface area contributed by atoms with Crippen molar-refractivity contribution in [1.82, 2.24) is 0 Å². The lowest BCUT2D eigenvalue weighted by atomic mass is 9.67. The fraction of sp³-hybridized carbons (Fsp3) is 0.583. The van der Waals surface area contributed by atoms with Crippen molar-refractivity contribution in [3.05, 3.63) is 59.2 Å². The molecule has 1 aromatic carbocycles. The molecule has 2 heteroatoms. The van der Waals surface area contributed by atoms with Gasteiger partial charge in [0, 0.05) is 11.5 Å². The Morgan fingerprint density at radius 2 is 1.88 bits per heavy atom. The van der Waals surface area contributed by atoms with Crippen LogP contribution in [0.3, 0.4) is 0 Å². The highest BCUT2D eigenvalue weighted by atomic mass is 16.7. The summed E-state index contributed by atoms with van der Waals surface area (Å²) in [5, 5.41) is 0. The first-order chi connectivity index (χ1) is 12.4. The number of benzene rings is 1. The summed E-state index contributed by atoms with van der Waals surface area (Å²) in [6.45, 7) is 11.4. The topological polar surface area (TPSA) is 18.5 Å². The van der Waals surface area contributed by atoms with Crippen LogP contribution in [0.1, 0.15) is 78.2 Å². The van der Waals surface area contributed by atoms with Crippen molar-refractivity contribution in [2.24, 2.45) is 11.3 Å². The molecule has 0 radical (unpaired) electrons. The van der Waals surface area contributed by atoms with Gasteiger partial charge in [-0.25, -0.2) is 0 Å². The van der Waals surface area contributed by atoms with Crippen LogP contribution in [0.2, 0.25) is 0 Å². The average Bonchev–Trinajstić information content (AvgIpc) is 2.62. The van der Waals surface area contributed by atoms with Crippen molar-refractivity contribution in [3.63, 3.8) is 0 Å². The largest absolute Gasteiger partial charge is 0.462 e. The Hall–Kier alpha value is -1.70. The van der Waals surface area contributed by atoms with Crippen LogP contribution in [0.15, 0.2) is 53.7 Å². The van der Waals surface area contributed by atoms with Crippen LogP contribution < -0.4 is 0 Å². The molecule has 0 amide bonds. The monoisotopic (exact) mass is 354 g/mol. The van der Waals surface area contributed by atoms with Crippen LogP contribution >= 0.6 is 0 Å². The van der Waals surface area contributed by atoms with Crippen LogP contribution in [0, 0.1) is 11.3 Å². The molecule has 1 aliphatic heterocycles. The molecule has 2 nitrogen and oxygen atoms in total. The Bertz CT molecular complexity index is 671. The van der Waals surface area contributed by atoms with E-state index in [4.69, 9.17) is 9.47 Å². The van der Waals surface area contributed by atoms with Gasteiger partial charge in [0.05, 0.1) is 0 Å². The fourth-order valence-electron chi connectivity index (χ4n) is 4.22. The molecule has 1 heterocycles. The number of hydrogen-bond acceptors (Lipinski definition) is 2. The summed E-state index contributed by atoms with van der Waals surface area (Å²) in [6.07, 6.45) is 8.13. The first-order valence-corrected chi connectivity index (χ1v) is 10.2. The minimum atomic E-state index is 0.259. The summed E-state index contributed by atoms with van der Waals surface area (Å²) in [5.74, 6) is 2.70. The molecule has 1 aliphatic carbocycles. The second kappa shape index (κ2) is 7.90. The van der Waals surface area contributed by atoms with E-state index in [-0.39, 0.29) is 6.10 Å². The zero-order valence-corrected chi connectivity index (χ0v) is 17.0. The average molecular weight is 355 g/mol. The highest BCUT2D eigenvalue weighted by Gasteiger charge is 2.37. The van der Waals surface area contributed by atoms with E-state index in [2.05, 4.69) is 64.1 Å². The second-order valence-corrected chi connectivity index (χ2v) is 8.71. The molecule has 0 aromatic heterocycles. The van der Waals surface area contributed by atoms with E-state index in [0.29, 0.717) is 17.3 Å². The van der Waals surface area contributed by atoms with Gasteiger partial charge in [-0.2, -0.15) is 0 Å². The zero-order valence-electron chi connectivity index (χ0n) is 17.0. The number of hydrogen-bond donors (Lipinski definition) is 0. The molecular formula is C24H34O2. The maximum Gasteiger partial charge on any atom is 0.284 e. The van der Waals surface area contributed by atoms with Crippen molar-refractivity contribution in [2.45, 2.75) is 78.7 Å². The lowest BCUT2D eigenvalue weighted by Crippen LogP contribution is -2.34. The maximum atomic E-state index is 6.52. The van der Waals surface area contributed by atoms with E-state index >= 15 is 0 Å². The molecule has 1 saturated carbocycles. The molecule has 3 unspecified atom stereocenters. The van der Waals surface area contributed by atoms with Gasteiger partial charge in [0.2, 0.25) is 0 Å². The Kier molecular flexibility index (Phi) is 5.79. The van der Waals surface area contributed by atoms with E-state index in [9.17, 15) is 0 Å². The van der Waals surface area contributed by atoms with Crippen LogP contribution in [-0.2, 0) is 9.47 Å². The van der Waals surface area contributed by atoms with Gasteiger partial charge >= 0.3 is 0 Å². The highest BCUT2D eigenvalue weighted by Crippen LogP contribution is 2.44. The molecule has 1 fully saturated rings. The standard InChI is InChI=1S/C24H34O2/c1-17(2)24(5)15-9-12-21(16-24)26-23-22(14-13-18(3)25-23)19(4)20-10-7-6-8-11-20/h6-8,10-11,13,17,19,21H,9,12,14-16H2,1-5H3. The lowest BCUT2D eigenvalue weighted by Gasteiger charge is -2.41. The van der Waals surface area contributed by atoms with Crippen LogP contribution in [0.4, 0.5) is 0 Å². The van der Waals surface area contributed by atoms with E-state index in [1.54, 1.807) is 0 Å². The smallest absolute Gasteiger partial charge is 0.284 e. The van der Waals surface area contributed by atoms with Crippen LogP contribution in [-0.4, -0.2) is 6.10 Å². The Morgan fingerprint density at radius 1 is 1.15 bits per heavy atom. The quantitative estimate of drug-likeness (QED) is 0.569. The summed E-state index contributed by atoms with van der Waals surface area (Å²) in [6, 6.07) is 10.7. The summed E-state index contributed by atoms with van der Waals surface area (Å²) in [4.78, 5) is 0. The molecule has 2 aliphatic rings. The van der Waals surface area contributed by atoms with E-state index in [1.165, 1.54) is 24.0 Å². The highest BCUT2D eigenvalue weighted by molar-refractivity contribution is 5.31. The fourth-order valence-corrected chi connectivity index (χ4v) is 4.22. The molecule has 0 spiro atoms. The van der Waals surface area contributed by atoms with Gasteiger partial charge in [-0.3, -0.25) is 0 Å². The molecular weight excluding hydrogens is 320 g/mol. The third-order valence-electron chi connectivity index (χ3n) is 6.58. The van der Waals surface area contributed by atoms with Gasteiger partial charge in [-0.15, -0.1) is 0 Å². The van der Waals surface area contributed by atoms with Crippen molar-refractivity contribution < 1.29 is 9.47 Å². The number of rotatable bonds is 5. The predicted molar refractivity (Wildman–Crippen MR) is 108 cm³/mol. The van der Waals surface area contributed by atoms with Gasteiger partial charge in [0.1, 0.15) is 11.9 Å². The van der Waals surface area contributed by atoms with Crippen molar-refractivity contribution in [2.75, 3.05) is 0 Å². The Labute approximate surface area is 159 Å². The lowest BCUT2D eigenvalue weighted by molar-refractivity contribution is -0.0437. The van der Waals surface area contributed by atoms with Gasteiger partial charge in [0.15, 0.2) is 0 Å². The van der Waals surface area contributed by atoms with Gasteiger partial charge in [-0.05, 0) is 62.0 Å². The summed E-state index contributed by atoms with van der Waals surface area (Å²) in [7, 11) is 0. The van der Waals surface area contributed by atoms with Gasteiger partial charge in [0.25, 0.3) is 5.95 Å². The Morgan fingerprint density at radius 3 is 2.58 bits per heavy atom. The third-order valence-corrected chi connectivity index (χ3v) is 6.58. The zero-order chi connectivity index (χ0) is 18.7. The molecule has 142 valence electrons. The van der Waals surface area contributed by atoms with Gasteiger partial charge < -0.3 is 9.47 Å². The molecule has 3 atom stereocenters. The van der Waals surface area contributed by atoms with Crippen LogP contribution in [0.5, 0.6) is 0 Å². The molecule has 0 N–H and O–H groups in total. The second-order valence-electron chi connectivity index (χ2n) is 8.71. The number of ether oxygens (including phenoxy) is 2.